The highest BCUT2D eigenvalue weighted by Crippen LogP contribution is 2.55. The average molecular weight is 1830 g/mol. The minimum Gasteiger partial charge on any atom is -0.455 e. The molecule has 1 aliphatic heterocycles. The Labute approximate surface area is 824 Å². The molecule has 672 valence electrons. The summed E-state index contributed by atoms with van der Waals surface area (Å²) < 4.78 is 15.6. The lowest BCUT2D eigenvalue weighted by Crippen LogP contribution is -2.15. The van der Waals surface area contributed by atoms with Crippen molar-refractivity contribution in [2.24, 2.45) is 0 Å². The zero-order valence-electron chi connectivity index (χ0n) is 78.0. The van der Waals surface area contributed by atoms with Gasteiger partial charge >= 0.3 is 0 Å². The summed E-state index contributed by atoms with van der Waals surface area (Å²) in [5.74, 6) is 2.80. The predicted octanol–water partition coefficient (Wildman–Crippen LogP) is 34.1. The van der Waals surface area contributed by atoms with Crippen LogP contribution in [0.3, 0.4) is 0 Å². The Balaban J connectivity index is 0.000000109. The number of hydrogen-bond donors (Lipinski definition) is 0. The van der Waals surface area contributed by atoms with E-state index < -0.39 is 0 Å². The van der Waals surface area contributed by atoms with E-state index in [1.165, 1.54) is 122 Å². The second-order valence-electron chi connectivity index (χ2n) is 36.9. The van der Waals surface area contributed by atoms with Crippen LogP contribution in [0, 0.1) is 6.92 Å². The van der Waals surface area contributed by atoms with Gasteiger partial charge in [0.1, 0.15) is 11.2 Å². The second-order valence-corrected chi connectivity index (χ2v) is 36.9. The zero-order chi connectivity index (χ0) is 94.5. The molecule has 8 heterocycles. The van der Waals surface area contributed by atoms with Gasteiger partial charge in [0.05, 0.1) is 60.7 Å². The number of aromatic nitrogens is 9. The van der Waals surface area contributed by atoms with E-state index in [-0.39, 0.29) is 5.92 Å². The van der Waals surface area contributed by atoms with E-state index in [9.17, 15) is 0 Å². The number of fused-ring (bicyclic) bond motifs is 20. The molecule has 7 aromatic heterocycles. The molecule has 0 radical (unpaired) electrons. The van der Waals surface area contributed by atoms with E-state index in [1.807, 2.05) is 72.8 Å². The van der Waals surface area contributed by atoms with E-state index in [4.69, 9.17) is 29.3 Å². The van der Waals surface area contributed by atoms with Gasteiger partial charge in [-0.25, -0.2) is 15.0 Å². The summed E-state index contributed by atoms with van der Waals surface area (Å²) in [5, 5.41) is 12.9. The fourth-order valence-electron chi connectivity index (χ4n) is 22.1. The minimum atomic E-state index is 0.260. The van der Waals surface area contributed by atoms with Crippen LogP contribution in [0.2, 0.25) is 0 Å². The molecule has 1 aliphatic carbocycles. The van der Waals surface area contributed by atoms with Gasteiger partial charge in [-0.3, -0.25) is 9.13 Å². The van der Waals surface area contributed by atoms with E-state index in [0.717, 1.165) is 122 Å². The number of furan rings is 1. The van der Waals surface area contributed by atoms with Gasteiger partial charge in [-0.1, -0.05) is 358 Å². The Hall–Kier alpha value is -19.0. The highest BCUT2D eigenvalue weighted by Gasteiger charge is 2.38. The molecule has 0 spiro atoms. The Morgan fingerprint density at radius 3 is 1.23 bits per heavy atom. The van der Waals surface area contributed by atoms with Crippen LogP contribution in [0.25, 0.3) is 227 Å². The maximum Gasteiger partial charge on any atom is 0.238 e. The molecule has 0 bridgehead atoms. The van der Waals surface area contributed by atoms with Crippen molar-refractivity contribution in [3.63, 3.8) is 0 Å². The van der Waals surface area contributed by atoms with Crippen molar-refractivity contribution in [1.29, 1.82) is 0 Å². The third kappa shape index (κ3) is 14.5. The molecular formula is C132H88N10O. The van der Waals surface area contributed by atoms with Gasteiger partial charge in [0.25, 0.3) is 0 Å². The van der Waals surface area contributed by atoms with Crippen LogP contribution >= 0.6 is 0 Å². The lowest BCUT2D eigenvalue weighted by molar-refractivity contribution is 0.673. The van der Waals surface area contributed by atoms with E-state index in [2.05, 4.69) is 455 Å². The normalized spacial score (nSPS) is 12.9. The maximum atomic E-state index is 6.50. The van der Waals surface area contributed by atoms with Gasteiger partial charge in [0, 0.05) is 105 Å². The fraction of sp³-hybridized carbons (Fsp3) is 0.0227. The largest absolute Gasteiger partial charge is 0.455 e. The Morgan fingerprint density at radius 1 is 0.245 bits per heavy atom. The second kappa shape index (κ2) is 34.9. The summed E-state index contributed by atoms with van der Waals surface area (Å²) in [6.45, 7) is 2.26. The monoisotopic (exact) mass is 1830 g/mol. The molecule has 27 aromatic rings. The summed E-state index contributed by atoms with van der Waals surface area (Å²) in [6, 6.07) is 172. The number of rotatable bonds is 13. The summed E-state index contributed by atoms with van der Waals surface area (Å²) >= 11 is 0. The Morgan fingerprint density at radius 2 is 0.650 bits per heavy atom. The standard InChI is InChI=1S/C51H36N4.C45H29N5.C36H23NO/c1-33-14-12-25-48-49(33)43-32-38(27-29-47(43)54(48)39-20-13-19-36(30-39)34-15-4-2-5-16-34)37-26-28-46-42(31-37)40-21-9-11-24-45(40)55(46)51-52-44-23-10-8-22-41(44)50(53-51)35-17-6-3-7-18-35;1-4-14-30(15-5-1)43-46-44(31-16-6-2-7-17-31)48-45(47-43)50-40-23-13-11-21-36(40)38-29-33(25-27-42(38)50)32-24-26-41-37(28-32)35-20-10-12-22-39(35)49(41)34-18-8-3-9-19-34;1-3-11-24(12-4-1)26-21-27(25-13-5-2-6-14-25)23-28(22-26)37-32-17-9-7-16-31(32)35-33(37)20-19-30-29-15-8-10-18-34(29)38-36(30)35/h2-31,43H,32H2,1H3;1-29H;1-23H. The predicted molar refractivity (Wildman–Crippen MR) is 592 cm³/mol. The topological polar surface area (TPSA) is 101 Å². The molecule has 1 atom stereocenters. The highest BCUT2D eigenvalue weighted by atomic mass is 16.3. The van der Waals surface area contributed by atoms with Crippen LogP contribution in [-0.2, 0) is 0 Å². The van der Waals surface area contributed by atoms with E-state index >= 15 is 0 Å². The Bertz CT molecular complexity index is 9650. The van der Waals surface area contributed by atoms with Gasteiger partial charge < -0.3 is 18.5 Å². The zero-order valence-corrected chi connectivity index (χ0v) is 78.0. The first-order valence-corrected chi connectivity index (χ1v) is 48.8. The molecule has 11 nitrogen and oxygen atoms in total. The molecule has 0 N–H and O–H groups in total. The first kappa shape index (κ1) is 83.4. The third-order valence-corrected chi connectivity index (χ3v) is 28.6. The highest BCUT2D eigenvalue weighted by molar-refractivity contribution is 6.24. The fourth-order valence-corrected chi connectivity index (χ4v) is 22.1. The van der Waals surface area contributed by atoms with Crippen molar-refractivity contribution >= 4 is 137 Å². The number of anilines is 2. The molecule has 1 unspecified atom stereocenters. The van der Waals surface area contributed by atoms with Crippen LogP contribution in [0.5, 0.6) is 0 Å². The number of benzene rings is 20. The number of nitrogens with zero attached hydrogens (tertiary/aromatic N) is 10. The Kier molecular flexibility index (Phi) is 20.4. The van der Waals surface area contributed by atoms with Gasteiger partial charge in [0.2, 0.25) is 11.9 Å². The molecular weight excluding hydrogens is 1740 g/mol. The number of para-hydroxylation sites is 7. The third-order valence-electron chi connectivity index (χ3n) is 28.6. The van der Waals surface area contributed by atoms with Crippen LogP contribution in [0.4, 0.5) is 11.4 Å². The molecule has 0 saturated heterocycles. The minimum absolute atomic E-state index is 0.260. The number of hydrogen-bond acceptors (Lipinski definition) is 7. The molecule has 29 rings (SSSR count). The molecule has 20 aromatic carbocycles. The number of allylic oxidation sites excluding steroid dienone is 4. The van der Waals surface area contributed by atoms with Gasteiger partial charge in [-0.05, 0) is 220 Å². The first-order valence-electron chi connectivity index (χ1n) is 48.8. The maximum absolute atomic E-state index is 6.50. The lowest BCUT2D eigenvalue weighted by atomic mass is 9.83. The van der Waals surface area contributed by atoms with Crippen LogP contribution in [0.15, 0.2) is 508 Å². The van der Waals surface area contributed by atoms with Crippen molar-refractivity contribution < 1.29 is 4.42 Å². The molecule has 0 fully saturated rings. The quantitative estimate of drug-likeness (QED) is 0.113. The summed E-state index contributed by atoms with van der Waals surface area (Å²) in [6.07, 6.45) is 5.64. The molecule has 11 heteroatoms. The van der Waals surface area contributed by atoms with E-state index in [0.29, 0.717) is 23.5 Å². The van der Waals surface area contributed by atoms with Crippen molar-refractivity contribution in [3.05, 3.63) is 520 Å². The summed E-state index contributed by atoms with van der Waals surface area (Å²) in [5.41, 5.74) is 36.7. The van der Waals surface area contributed by atoms with E-state index in [1.54, 1.807) is 0 Å². The van der Waals surface area contributed by atoms with Crippen LogP contribution < -0.4 is 4.90 Å². The summed E-state index contributed by atoms with van der Waals surface area (Å²) in [4.78, 5) is 28.0. The molecule has 0 amide bonds. The van der Waals surface area contributed by atoms with Crippen LogP contribution in [-0.4, -0.2) is 43.2 Å². The van der Waals surface area contributed by atoms with Crippen molar-refractivity contribution in [2.45, 2.75) is 19.3 Å². The van der Waals surface area contributed by atoms with Gasteiger partial charge in [0.15, 0.2) is 11.6 Å². The van der Waals surface area contributed by atoms with Crippen molar-refractivity contribution in [1.82, 2.24) is 43.2 Å². The van der Waals surface area contributed by atoms with Crippen molar-refractivity contribution in [3.8, 4) is 102 Å². The van der Waals surface area contributed by atoms with Crippen LogP contribution in [0.1, 0.15) is 29.0 Å². The lowest BCUT2D eigenvalue weighted by Gasteiger charge is -2.27. The summed E-state index contributed by atoms with van der Waals surface area (Å²) in [7, 11) is 0. The average Bonchev–Trinajstić information content (AvgIpc) is 1.56. The molecule has 143 heavy (non-hydrogen) atoms. The SMILES string of the molecule is Cc1cccc2c1C1CC(c3ccc4c(c3)c3ccccc3n4-c3nc(-c4ccccc4)c4ccccc4n3)=CC=C1N2c1cccc(-c2ccccc2)c1.c1ccc(-c2cc(-c3ccccc3)cc(-n3c4ccccc4c4c5oc6ccccc6c5ccc43)c2)cc1.c1ccc(-c2nc(-c3ccccc3)nc(-n3c4ccccc4c4cc(-c5ccc6c(c5)c5ccccc5n6-c5ccccc5)ccc43)n2)cc1. The smallest absolute Gasteiger partial charge is 0.238 e. The van der Waals surface area contributed by atoms with Gasteiger partial charge in [-0.15, -0.1) is 0 Å². The molecule has 0 saturated carbocycles. The first-order chi connectivity index (χ1) is 70.8. The van der Waals surface area contributed by atoms with Gasteiger partial charge in [-0.2, -0.15) is 9.97 Å². The number of aryl methyl sites for hydroxylation is 1. The molecule has 2 aliphatic rings. The van der Waals surface area contributed by atoms with Crippen molar-refractivity contribution in [2.75, 3.05) is 4.90 Å².